The molecule has 1 rings (SSSR count). The monoisotopic (exact) mass is 349 g/mol. The topological polar surface area (TPSA) is 97.5 Å². The predicted molar refractivity (Wildman–Crippen MR) is 74.4 cm³/mol. The summed E-state index contributed by atoms with van der Waals surface area (Å²) in [4.78, 5) is 21.1. The molecule has 1 N–H and O–H groups in total. The van der Waals surface area contributed by atoms with E-state index in [1.54, 1.807) is 13.0 Å². The second-order valence-corrected chi connectivity index (χ2v) is 6.18. The Kier molecular flexibility index (Phi) is 5.61. The second-order valence-electron chi connectivity index (χ2n) is 3.77. The number of hydrogen-bond acceptors (Lipinski definition) is 4. The van der Waals surface area contributed by atoms with Gasteiger partial charge in [0.25, 0.3) is 5.69 Å². The minimum atomic E-state index is -1.62. The summed E-state index contributed by atoms with van der Waals surface area (Å²) in [6.07, 6.45) is 0.245. The van der Waals surface area contributed by atoms with Crippen LogP contribution >= 0.6 is 15.9 Å². The van der Waals surface area contributed by atoms with Crippen LogP contribution in [0.15, 0.2) is 22.7 Å². The lowest BCUT2D eigenvalue weighted by Crippen LogP contribution is -2.25. The van der Waals surface area contributed by atoms with E-state index in [2.05, 4.69) is 15.9 Å². The van der Waals surface area contributed by atoms with Crippen molar-refractivity contribution in [1.82, 2.24) is 0 Å². The van der Waals surface area contributed by atoms with E-state index in [4.69, 9.17) is 5.11 Å². The predicted octanol–water partition coefficient (Wildman–Crippen LogP) is 2.47. The Morgan fingerprint density at radius 3 is 2.68 bits per heavy atom. The number of nitro benzene ring substituents is 1. The lowest BCUT2D eigenvalue weighted by Gasteiger charge is -2.10. The number of hydrogen-bond donors (Lipinski definition) is 1. The molecule has 104 valence electrons. The third-order valence-electron chi connectivity index (χ3n) is 2.52. The molecule has 0 aliphatic carbocycles. The molecule has 0 fully saturated rings. The average Bonchev–Trinajstić information content (AvgIpc) is 2.31. The number of carboxylic acids is 1. The summed E-state index contributed by atoms with van der Waals surface area (Å²) in [6.45, 7) is 1.64. The summed E-state index contributed by atoms with van der Waals surface area (Å²) in [5.41, 5.74) is 0.338. The Labute approximate surface area is 120 Å². The Balaban J connectivity index is 3.00. The van der Waals surface area contributed by atoms with Crippen LogP contribution in [0.5, 0.6) is 0 Å². The Hall–Kier alpha value is -1.28. The van der Waals surface area contributed by atoms with Gasteiger partial charge in [0, 0.05) is 16.9 Å². The van der Waals surface area contributed by atoms with Crippen LogP contribution in [0, 0.1) is 10.1 Å². The molecular formula is C11H12BrNO5S. The van der Waals surface area contributed by atoms with Gasteiger partial charge in [-0.15, -0.1) is 0 Å². The van der Waals surface area contributed by atoms with Gasteiger partial charge in [-0.25, -0.2) is 0 Å². The lowest BCUT2D eigenvalue weighted by molar-refractivity contribution is -0.385. The summed E-state index contributed by atoms with van der Waals surface area (Å²) >= 11 is 3.09. The molecule has 2 atom stereocenters. The molecule has 0 heterocycles. The first kappa shape index (κ1) is 15.8. The number of nitrogens with zero attached hydrogens (tertiary/aromatic N) is 1. The van der Waals surface area contributed by atoms with Gasteiger partial charge < -0.3 is 5.11 Å². The van der Waals surface area contributed by atoms with Gasteiger partial charge in [0.15, 0.2) is 0 Å². The van der Waals surface area contributed by atoms with E-state index in [0.717, 1.165) is 0 Å². The van der Waals surface area contributed by atoms with Gasteiger partial charge in [-0.05, 0) is 27.9 Å². The van der Waals surface area contributed by atoms with Crippen LogP contribution in [0.2, 0.25) is 0 Å². The SMILES string of the molecule is CCC(C(=O)O)S(=O)Cc1cccc([N+](=O)[O-])c1Br. The molecule has 19 heavy (non-hydrogen) atoms. The average molecular weight is 350 g/mol. The maximum absolute atomic E-state index is 12.0. The minimum absolute atomic E-state index is 0.0347. The normalized spacial score (nSPS) is 13.8. The largest absolute Gasteiger partial charge is 0.480 e. The Bertz CT molecular complexity index is 534. The van der Waals surface area contributed by atoms with Crippen molar-refractivity contribution in [1.29, 1.82) is 0 Å². The van der Waals surface area contributed by atoms with Crippen LogP contribution in [-0.2, 0) is 21.3 Å². The Morgan fingerprint density at radius 2 is 2.21 bits per heavy atom. The van der Waals surface area contributed by atoms with Crippen molar-refractivity contribution in [2.45, 2.75) is 24.3 Å². The molecule has 0 aliphatic heterocycles. The van der Waals surface area contributed by atoms with E-state index in [1.807, 2.05) is 0 Å². The van der Waals surface area contributed by atoms with E-state index in [1.165, 1.54) is 12.1 Å². The summed E-state index contributed by atoms with van der Waals surface area (Å²) < 4.78 is 12.2. The maximum Gasteiger partial charge on any atom is 0.319 e. The van der Waals surface area contributed by atoms with Crippen LogP contribution in [0.3, 0.4) is 0 Å². The van der Waals surface area contributed by atoms with E-state index in [0.29, 0.717) is 5.56 Å². The van der Waals surface area contributed by atoms with Crippen molar-refractivity contribution in [2.24, 2.45) is 0 Å². The highest BCUT2D eigenvalue weighted by Crippen LogP contribution is 2.29. The van der Waals surface area contributed by atoms with Gasteiger partial charge in [-0.3, -0.25) is 19.1 Å². The molecule has 0 bridgehead atoms. The highest BCUT2D eigenvalue weighted by molar-refractivity contribution is 9.10. The number of carbonyl (C=O) groups is 1. The molecule has 1 aromatic carbocycles. The van der Waals surface area contributed by atoms with Gasteiger partial charge in [0.2, 0.25) is 0 Å². The van der Waals surface area contributed by atoms with Crippen molar-refractivity contribution in [3.63, 3.8) is 0 Å². The molecule has 1 aromatic rings. The maximum atomic E-state index is 12.0. The Morgan fingerprint density at radius 1 is 1.58 bits per heavy atom. The number of halogens is 1. The number of nitro groups is 1. The third-order valence-corrected chi connectivity index (χ3v) is 5.20. The highest BCUT2D eigenvalue weighted by Gasteiger charge is 2.24. The zero-order valence-electron chi connectivity index (χ0n) is 10.0. The molecule has 0 aromatic heterocycles. The van der Waals surface area contributed by atoms with Gasteiger partial charge in [0.1, 0.15) is 5.25 Å². The van der Waals surface area contributed by atoms with Crippen molar-refractivity contribution >= 4 is 38.4 Å². The standard InChI is InChI=1S/C11H12BrNO5S/c1-2-9(11(14)15)19(18)6-7-4-3-5-8(10(7)12)13(16)17/h3-5,9H,2,6H2,1H3,(H,14,15). The van der Waals surface area contributed by atoms with Crippen molar-refractivity contribution in [3.8, 4) is 0 Å². The summed E-state index contributed by atoms with van der Waals surface area (Å²) in [7, 11) is -1.62. The van der Waals surface area contributed by atoms with Gasteiger partial charge in [-0.1, -0.05) is 19.1 Å². The van der Waals surface area contributed by atoms with E-state index in [-0.39, 0.29) is 22.3 Å². The fourth-order valence-corrected chi connectivity index (χ4v) is 3.63. The van der Waals surface area contributed by atoms with Gasteiger partial charge in [0.05, 0.1) is 15.1 Å². The first-order chi connectivity index (χ1) is 8.88. The minimum Gasteiger partial charge on any atom is -0.480 e. The first-order valence-corrected chi connectivity index (χ1v) is 7.57. The van der Waals surface area contributed by atoms with Crippen LogP contribution in [0.1, 0.15) is 18.9 Å². The van der Waals surface area contributed by atoms with Crippen molar-refractivity contribution in [3.05, 3.63) is 38.3 Å². The van der Waals surface area contributed by atoms with Crippen LogP contribution in [-0.4, -0.2) is 25.5 Å². The quantitative estimate of drug-likeness (QED) is 0.628. The lowest BCUT2D eigenvalue weighted by atomic mass is 10.2. The number of rotatable bonds is 6. The fraction of sp³-hybridized carbons (Fsp3) is 0.364. The summed E-state index contributed by atoms with van der Waals surface area (Å²) in [5, 5.41) is 18.7. The van der Waals surface area contributed by atoms with Crippen LogP contribution < -0.4 is 0 Å². The molecule has 6 nitrogen and oxygen atoms in total. The zero-order chi connectivity index (χ0) is 14.6. The van der Waals surface area contributed by atoms with E-state index < -0.39 is 26.9 Å². The molecule has 0 radical (unpaired) electrons. The van der Waals surface area contributed by atoms with Gasteiger partial charge >= 0.3 is 5.97 Å². The van der Waals surface area contributed by atoms with Gasteiger partial charge in [-0.2, -0.15) is 0 Å². The molecular weight excluding hydrogens is 338 g/mol. The van der Waals surface area contributed by atoms with E-state index in [9.17, 15) is 19.1 Å². The van der Waals surface area contributed by atoms with E-state index >= 15 is 0 Å². The zero-order valence-corrected chi connectivity index (χ0v) is 12.4. The molecule has 0 spiro atoms. The fourth-order valence-electron chi connectivity index (χ4n) is 1.55. The molecule has 8 heteroatoms. The van der Waals surface area contributed by atoms with Crippen molar-refractivity contribution < 1.29 is 19.0 Å². The van der Waals surface area contributed by atoms with Crippen LogP contribution in [0.25, 0.3) is 0 Å². The van der Waals surface area contributed by atoms with Crippen LogP contribution in [0.4, 0.5) is 5.69 Å². The number of aliphatic carboxylic acids is 1. The molecule has 0 saturated carbocycles. The summed E-state index contributed by atoms with van der Waals surface area (Å²) in [5.74, 6) is -1.16. The molecule has 2 unspecified atom stereocenters. The summed E-state index contributed by atoms with van der Waals surface area (Å²) in [6, 6.07) is 4.39. The first-order valence-electron chi connectivity index (χ1n) is 5.40. The molecule has 0 saturated heterocycles. The molecule has 0 aliphatic rings. The highest BCUT2D eigenvalue weighted by atomic mass is 79.9. The number of carboxylic acid groups (broad SMARTS) is 1. The third kappa shape index (κ3) is 3.84. The second kappa shape index (κ2) is 6.76. The van der Waals surface area contributed by atoms with Crippen molar-refractivity contribution in [2.75, 3.05) is 0 Å². The number of benzene rings is 1. The smallest absolute Gasteiger partial charge is 0.319 e. The molecule has 0 amide bonds.